The molecule has 1 amide bonds. The van der Waals surface area contributed by atoms with Crippen molar-refractivity contribution in [1.82, 2.24) is 15.5 Å². The molecule has 5 heteroatoms. The Labute approximate surface area is 105 Å². The molecule has 0 saturated carbocycles. The van der Waals surface area contributed by atoms with Gasteiger partial charge in [-0.15, -0.1) is 11.3 Å². The van der Waals surface area contributed by atoms with Crippen molar-refractivity contribution in [2.75, 3.05) is 26.7 Å². The minimum atomic E-state index is -0.0194. The van der Waals surface area contributed by atoms with Crippen LogP contribution in [-0.4, -0.2) is 43.5 Å². The van der Waals surface area contributed by atoms with Gasteiger partial charge in [-0.3, -0.25) is 9.69 Å². The number of hydrogen-bond donors (Lipinski definition) is 2. The van der Waals surface area contributed by atoms with E-state index in [9.17, 15) is 4.79 Å². The van der Waals surface area contributed by atoms with Crippen LogP contribution in [0.1, 0.15) is 16.5 Å². The molecular formula is C12H17N3OS. The smallest absolute Gasteiger partial charge is 0.238 e. The van der Waals surface area contributed by atoms with Crippen molar-refractivity contribution >= 4 is 17.2 Å². The van der Waals surface area contributed by atoms with Crippen molar-refractivity contribution in [3.63, 3.8) is 0 Å². The zero-order valence-corrected chi connectivity index (χ0v) is 10.7. The number of thiophene rings is 1. The van der Waals surface area contributed by atoms with E-state index in [0.29, 0.717) is 6.04 Å². The summed E-state index contributed by atoms with van der Waals surface area (Å²) < 4.78 is 0. The van der Waals surface area contributed by atoms with Crippen LogP contribution in [0, 0.1) is 0 Å². The molecule has 1 aromatic rings. The molecule has 0 aromatic carbocycles. The van der Waals surface area contributed by atoms with Gasteiger partial charge in [0.05, 0.1) is 6.04 Å². The van der Waals surface area contributed by atoms with E-state index in [1.54, 1.807) is 7.05 Å². The fourth-order valence-electron chi connectivity index (χ4n) is 2.87. The van der Waals surface area contributed by atoms with Crippen LogP contribution in [0.25, 0.3) is 0 Å². The van der Waals surface area contributed by atoms with E-state index < -0.39 is 0 Å². The number of piperazine rings is 1. The monoisotopic (exact) mass is 251 g/mol. The van der Waals surface area contributed by atoms with Gasteiger partial charge in [0, 0.05) is 31.6 Å². The Bertz CT molecular complexity index is 431. The Kier molecular flexibility index (Phi) is 2.90. The quantitative estimate of drug-likeness (QED) is 0.758. The molecule has 1 aromatic heterocycles. The average Bonchev–Trinajstić information content (AvgIpc) is 2.85. The molecule has 2 aliphatic rings. The first-order chi connectivity index (χ1) is 8.31. The van der Waals surface area contributed by atoms with Crippen LogP contribution in [0.3, 0.4) is 0 Å². The highest BCUT2D eigenvalue weighted by molar-refractivity contribution is 7.10. The van der Waals surface area contributed by atoms with E-state index in [-0.39, 0.29) is 11.9 Å². The predicted molar refractivity (Wildman–Crippen MR) is 68.2 cm³/mol. The lowest BCUT2D eigenvalue weighted by molar-refractivity contribution is -0.128. The minimum Gasteiger partial charge on any atom is -0.358 e. The van der Waals surface area contributed by atoms with Gasteiger partial charge < -0.3 is 10.6 Å². The number of fused-ring (bicyclic) bond motifs is 3. The molecule has 17 heavy (non-hydrogen) atoms. The maximum absolute atomic E-state index is 11.9. The van der Waals surface area contributed by atoms with E-state index in [0.717, 1.165) is 26.1 Å². The van der Waals surface area contributed by atoms with Crippen LogP contribution in [0.4, 0.5) is 0 Å². The normalized spacial score (nSPS) is 28.3. The second-order valence-electron chi connectivity index (χ2n) is 4.60. The molecule has 3 heterocycles. The lowest BCUT2D eigenvalue weighted by Gasteiger charge is -2.44. The van der Waals surface area contributed by atoms with E-state index in [1.807, 2.05) is 11.3 Å². The molecule has 0 spiro atoms. The SMILES string of the molecule is CNC(=O)C1CNCC2c3sccc3CCN12. The Balaban J connectivity index is 1.89. The largest absolute Gasteiger partial charge is 0.358 e. The van der Waals surface area contributed by atoms with Crippen molar-refractivity contribution in [1.29, 1.82) is 0 Å². The van der Waals surface area contributed by atoms with Crippen LogP contribution >= 0.6 is 11.3 Å². The van der Waals surface area contributed by atoms with Gasteiger partial charge in [0.1, 0.15) is 6.04 Å². The van der Waals surface area contributed by atoms with Crippen LogP contribution in [0.15, 0.2) is 11.4 Å². The summed E-state index contributed by atoms with van der Waals surface area (Å²) in [4.78, 5) is 15.7. The fourth-order valence-corrected chi connectivity index (χ4v) is 3.95. The average molecular weight is 251 g/mol. The first-order valence-corrected chi connectivity index (χ1v) is 6.93. The summed E-state index contributed by atoms with van der Waals surface area (Å²) in [5.74, 6) is 0.127. The Morgan fingerprint density at radius 1 is 1.59 bits per heavy atom. The third-order valence-corrected chi connectivity index (χ3v) is 4.81. The van der Waals surface area contributed by atoms with Gasteiger partial charge >= 0.3 is 0 Å². The Morgan fingerprint density at radius 2 is 2.47 bits per heavy atom. The molecule has 0 radical (unpaired) electrons. The summed E-state index contributed by atoms with van der Waals surface area (Å²) >= 11 is 1.82. The number of carbonyl (C=O) groups is 1. The first-order valence-electron chi connectivity index (χ1n) is 6.05. The van der Waals surface area contributed by atoms with Gasteiger partial charge in [-0.1, -0.05) is 0 Å². The van der Waals surface area contributed by atoms with E-state index in [2.05, 4.69) is 27.0 Å². The summed E-state index contributed by atoms with van der Waals surface area (Å²) in [6, 6.07) is 2.59. The molecule has 0 bridgehead atoms. The van der Waals surface area contributed by atoms with Crippen LogP contribution in [-0.2, 0) is 11.2 Å². The number of rotatable bonds is 1. The third kappa shape index (κ3) is 1.78. The summed E-state index contributed by atoms with van der Waals surface area (Å²) in [7, 11) is 1.71. The predicted octanol–water partition coefficient (Wildman–Crippen LogP) is 0.365. The van der Waals surface area contributed by atoms with Gasteiger partial charge in [0.25, 0.3) is 0 Å². The van der Waals surface area contributed by atoms with E-state index >= 15 is 0 Å². The molecule has 1 fully saturated rings. The third-order valence-electron chi connectivity index (χ3n) is 3.75. The molecule has 1 saturated heterocycles. The van der Waals surface area contributed by atoms with Crippen molar-refractivity contribution in [2.45, 2.75) is 18.5 Å². The Morgan fingerprint density at radius 3 is 3.29 bits per heavy atom. The number of likely N-dealkylation sites (N-methyl/N-ethyl adjacent to an activating group) is 1. The second-order valence-corrected chi connectivity index (χ2v) is 5.55. The molecule has 2 aliphatic heterocycles. The maximum Gasteiger partial charge on any atom is 0.238 e. The first kappa shape index (κ1) is 11.2. The lowest BCUT2D eigenvalue weighted by atomic mass is 9.96. The molecule has 2 unspecified atom stereocenters. The zero-order chi connectivity index (χ0) is 11.8. The van der Waals surface area contributed by atoms with E-state index in [4.69, 9.17) is 0 Å². The topological polar surface area (TPSA) is 44.4 Å². The Hall–Kier alpha value is -0.910. The molecular weight excluding hydrogens is 234 g/mol. The minimum absolute atomic E-state index is 0.0194. The summed E-state index contributed by atoms with van der Waals surface area (Å²) in [6.45, 7) is 2.71. The van der Waals surface area contributed by atoms with Gasteiger partial charge in [-0.25, -0.2) is 0 Å². The highest BCUT2D eigenvalue weighted by atomic mass is 32.1. The summed E-state index contributed by atoms with van der Waals surface area (Å²) in [5.41, 5.74) is 1.47. The van der Waals surface area contributed by atoms with Crippen molar-refractivity contribution in [3.05, 3.63) is 21.9 Å². The molecule has 2 atom stereocenters. The van der Waals surface area contributed by atoms with Crippen molar-refractivity contribution in [3.8, 4) is 0 Å². The summed E-state index contributed by atoms with van der Waals surface area (Å²) in [5, 5.41) is 8.32. The van der Waals surface area contributed by atoms with Crippen molar-refractivity contribution in [2.24, 2.45) is 0 Å². The van der Waals surface area contributed by atoms with Crippen LogP contribution in [0.5, 0.6) is 0 Å². The van der Waals surface area contributed by atoms with E-state index in [1.165, 1.54) is 10.4 Å². The lowest BCUT2D eigenvalue weighted by Crippen LogP contribution is -2.59. The van der Waals surface area contributed by atoms with Crippen molar-refractivity contribution < 1.29 is 4.79 Å². The number of nitrogens with one attached hydrogen (secondary N) is 2. The standard InChI is InChI=1S/C12H17N3OS/c1-13-12(16)10-7-14-6-9-11-8(3-5-17-11)2-4-15(9)10/h3,5,9-10,14H,2,4,6-7H2,1H3,(H,13,16). The second kappa shape index (κ2) is 4.40. The molecule has 4 nitrogen and oxygen atoms in total. The van der Waals surface area contributed by atoms with Gasteiger partial charge in [-0.05, 0) is 23.4 Å². The molecule has 0 aliphatic carbocycles. The summed E-state index contributed by atoms with van der Waals surface area (Å²) in [6.07, 6.45) is 1.07. The number of nitrogens with zero attached hydrogens (tertiary/aromatic N) is 1. The molecule has 3 rings (SSSR count). The van der Waals surface area contributed by atoms with Gasteiger partial charge in [0.2, 0.25) is 5.91 Å². The number of carbonyl (C=O) groups excluding carboxylic acids is 1. The van der Waals surface area contributed by atoms with Gasteiger partial charge in [-0.2, -0.15) is 0 Å². The fraction of sp³-hybridized carbons (Fsp3) is 0.583. The molecule has 2 N–H and O–H groups in total. The number of hydrogen-bond acceptors (Lipinski definition) is 4. The van der Waals surface area contributed by atoms with Crippen LogP contribution < -0.4 is 10.6 Å². The van der Waals surface area contributed by atoms with Gasteiger partial charge in [0.15, 0.2) is 0 Å². The highest BCUT2D eigenvalue weighted by Gasteiger charge is 2.38. The van der Waals surface area contributed by atoms with Crippen LogP contribution in [0.2, 0.25) is 0 Å². The maximum atomic E-state index is 11.9. The zero-order valence-electron chi connectivity index (χ0n) is 9.90. The highest BCUT2D eigenvalue weighted by Crippen LogP contribution is 2.36. The molecule has 92 valence electrons. The number of amides is 1.